The third-order valence-electron chi connectivity index (χ3n) is 5.47. The van der Waals surface area contributed by atoms with E-state index in [9.17, 15) is 4.79 Å². The maximum Gasteiger partial charge on any atom is 0.231 e. The average molecular weight is 398 g/mol. The van der Waals surface area contributed by atoms with Crippen molar-refractivity contribution in [3.63, 3.8) is 0 Å². The van der Waals surface area contributed by atoms with Gasteiger partial charge in [-0.25, -0.2) is 0 Å². The van der Waals surface area contributed by atoms with Gasteiger partial charge in [0.05, 0.1) is 11.1 Å². The molecule has 30 heavy (non-hydrogen) atoms. The standard InChI is InChI=1S/C25H22N2O3/c28-24-20-8-9-22-21(25(20)30-23(24)15-19-10-12-26-13-11-19)16-27(17-29-22)14-4-7-18-5-2-1-3-6-18/h1-3,5-6,8-13,15H,4,7,14,16-17H2. The number of fused-ring (bicyclic) bond motifs is 3. The van der Waals surface area contributed by atoms with Crippen LogP contribution in [0, 0.1) is 0 Å². The molecule has 2 aliphatic rings. The smallest absolute Gasteiger partial charge is 0.231 e. The van der Waals surface area contributed by atoms with Gasteiger partial charge in [0.15, 0.2) is 5.76 Å². The lowest BCUT2D eigenvalue weighted by atomic mass is 10.0. The Kier molecular flexibility index (Phi) is 5.03. The fourth-order valence-electron chi connectivity index (χ4n) is 3.91. The van der Waals surface area contributed by atoms with Crippen molar-refractivity contribution < 1.29 is 14.3 Å². The van der Waals surface area contributed by atoms with Crippen molar-refractivity contribution in [3.8, 4) is 11.5 Å². The Labute approximate surface area is 175 Å². The summed E-state index contributed by atoms with van der Waals surface area (Å²) in [6, 6.07) is 17.9. The highest BCUT2D eigenvalue weighted by Crippen LogP contribution is 2.42. The molecular weight excluding hydrogens is 376 g/mol. The van der Waals surface area contributed by atoms with E-state index in [2.05, 4.69) is 34.1 Å². The average Bonchev–Trinajstić information content (AvgIpc) is 3.11. The number of hydrogen-bond donors (Lipinski definition) is 0. The van der Waals surface area contributed by atoms with Crippen LogP contribution in [-0.2, 0) is 13.0 Å². The predicted molar refractivity (Wildman–Crippen MR) is 114 cm³/mol. The molecule has 2 aromatic carbocycles. The number of nitrogens with zero attached hydrogens (tertiary/aromatic N) is 2. The molecular formula is C25H22N2O3. The third-order valence-corrected chi connectivity index (χ3v) is 5.47. The van der Waals surface area contributed by atoms with Crippen LogP contribution in [0.15, 0.2) is 72.8 Å². The molecule has 0 atom stereocenters. The number of Topliss-reactive ketones (excluding diaryl/α,β-unsaturated/α-hetero) is 1. The molecule has 0 bridgehead atoms. The molecule has 5 heteroatoms. The molecule has 3 heterocycles. The van der Waals surface area contributed by atoms with Gasteiger partial charge in [-0.05, 0) is 54.3 Å². The first-order valence-corrected chi connectivity index (χ1v) is 10.2. The van der Waals surface area contributed by atoms with Crippen molar-refractivity contribution in [1.29, 1.82) is 0 Å². The molecule has 5 rings (SSSR count). The number of rotatable bonds is 5. The van der Waals surface area contributed by atoms with Crippen LogP contribution in [0.3, 0.4) is 0 Å². The molecule has 0 radical (unpaired) electrons. The topological polar surface area (TPSA) is 51.7 Å². The number of ether oxygens (including phenoxy) is 2. The van der Waals surface area contributed by atoms with Crippen LogP contribution >= 0.6 is 0 Å². The molecule has 1 aromatic heterocycles. The summed E-state index contributed by atoms with van der Waals surface area (Å²) in [7, 11) is 0. The van der Waals surface area contributed by atoms with Crippen LogP contribution in [0.2, 0.25) is 0 Å². The van der Waals surface area contributed by atoms with E-state index < -0.39 is 0 Å². The van der Waals surface area contributed by atoms with Crippen LogP contribution in [0.25, 0.3) is 6.08 Å². The summed E-state index contributed by atoms with van der Waals surface area (Å²) in [5.74, 6) is 1.67. The first-order valence-electron chi connectivity index (χ1n) is 10.2. The Balaban J connectivity index is 1.31. The van der Waals surface area contributed by atoms with Gasteiger partial charge in [0, 0.05) is 25.5 Å². The Morgan fingerprint density at radius 1 is 1.03 bits per heavy atom. The molecule has 0 aliphatic carbocycles. The van der Waals surface area contributed by atoms with Gasteiger partial charge in [-0.15, -0.1) is 0 Å². The lowest BCUT2D eigenvalue weighted by Gasteiger charge is -2.29. The molecule has 5 nitrogen and oxygen atoms in total. The van der Waals surface area contributed by atoms with Gasteiger partial charge in [0.2, 0.25) is 5.78 Å². The van der Waals surface area contributed by atoms with Crippen LogP contribution in [0.5, 0.6) is 11.5 Å². The second-order valence-electron chi connectivity index (χ2n) is 7.55. The molecule has 3 aromatic rings. The minimum absolute atomic E-state index is 0.0918. The quantitative estimate of drug-likeness (QED) is 0.593. The molecule has 0 fully saturated rings. The first-order chi connectivity index (χ1) is 14.8. The van der Waals surface area contributed by atoms with Gasteiger partial charge in [-0.2, -0.15) is 0 Å². The number of aromatic nitrogens is 1. The summed E-state index contributed by atoms with van der Waals surface area (Å²) in [4.78, 5) is 19.1. The fraction of sp³-hybridized carbons (Fsp3) is 0.200. The maximum absolute atomic E-state index is 12.8. The Bertz CT molecular complexity index is 1090. The second kappa shape index (κ2) is 8.13. The zero-order valence-electron chi connectivity index (χ0n) is 16.6. The molecule has 0 amide bonds. The predicted octanol–water partition coefficient (Wildman–Crippen LogP) is 4.48. The Morgan fingerprint density at radius 3 is 2.70 bits per heavy atom. The van der Waals surface area contributed by atoms with Gasteiger partial charge < -0.3 is 9.47 Å². The molecule has 0 unspecified atom stereocenters. The number of pyridine rings is 1. The van der Waals surface area contributed by atoms with Gasteiger partial charge in [0.1, 0.15) is 18.2 Å². The summed E-state index contributed by atoms with van der Waals surface area (Å²) in [6.45, 7) is 2.18. The molecule has 0 N–H and O–H groups in total. The van der Waals surface area contributed by atoms with Crippen LogP contribution in [-0.4, -0.2) is 28.9 Å². The van der Waals surface area contributed by atoms with Gasteiger partial charge >= 0.3 is 0 Å². The highest BCUT2D eigenvalue weighted by Gasteiger charge is 2.33. The minimum atomic E-state index is -0.0918. The summed E-state index contributed by atoms with van der Waals surface area (Å²) in [5.41, 5.74) is 3.78. The van der Waals surface area contributed by atoms with E-state index in [-0.39, 0.29) is 5.78 Å². The van der Waals surface area contributed by atoms with E-state index >= 15 is 0 Å². The number of ketones is 1. The van der Waals surface area contributed by atoms with E-state index in [1.54, 1.807) is 24.5 Å². The van der Waals surface area contributed by atoms with Crippen LogP contribution in [0.4, 0.5) is 0 Å². The molecule has 2 aliphatic heterocycles. The summed E-state index contributed by atoms with van der Waals surface area (Å²) in [6.07, 6.45) is 7.23. The summed E-state index contributed by atoms with van der Waals surface area (Å²) < 4.78 is 12.0. The lowest BCUT2D eigenvalue weighted by molar-refractivity contribution is 0.0928. The van der Waals surface area contributed by atoms with E-state index in [4.69, 9.17) is 9.47 Å². The van der Waals surface area contributed by atoms with Gasteiger partial charge in [-0.3, -0.25) is 14.7 Å². The number of hydrogen-bond acceptors (Lipinski definition) is 5. The Morgan fingerprint density at radius 2 is 1.87 bits per heavy atom. The zero-order chi connectivity index (χ0) is 20.3. The zero-order valence-corrected chi connectivity index (χ0v) is 16.6. The Hall–Kier alpha value is -3.44. The number of allylic oxidation sites excluding steroid dienone is 1. The number of benzene rings is 2. The first kappa shape index (κ1) is 18.6. The fourth-order valence-corrected chi connectivity index (χ4v) is 3.91. The van der Waals surface area contributed by atoms with Crippen molar-refractivity contribution in [2.75, 3.05) is 13.3 Å². The SMILES string of the molecule is O=C1C(=Cc2ccncc2)Oc2c1ccc1c2CN(CCCc2ccccc2)CO1. The van der Waals surface area contributed by atoms with Crippen molar-refractivity contribution in [3.05, 3.63) is 95.0 Å². The van der Waals surface area contributed by atoms with E-state index in [1.807, 2.05) is 24.3 Å². The molecule has 150 valence electrons. The monoisotopic (exact) mass is 398 g/mol. The van der Waals surface area contributed by atoms with E-state index in [1.165, 1.54) is 5.56 Å². The molecule has 0 saturated carbocycles. The van der Waals surface area contributed by atoms with E-state index in [0.29, 0.717) is 30.3 Å². The molecule has 0 spiro atoms. The third kappa shape index (κ3) is 3.72. The van der Waals surface area contributed by atoms with Crippen molar-refractivity contribution in [1.82, 2.24) is 9.88 Å². The summed E-state index contributed by atoms with van der Waals surface area (Å²) >= 11 is 0. The minimum Gasteiger partial charge on any atom is -0.478 e. The van der Waals surface area contributed by atoms with Crippen molar-refractivity contribution in [2.24, 2.45) is 0 Å². The van der Waals surface area contributed by atoms with Gasteiger partial charge in [0.25, 0.3) is 0 Å². The largest absolute Gasteiger partial charge is 0.478 e. The highest BCUT2D eigenvalue weighted by molar-refractivity contribution is 6.15. The number of aryl methyl sites for hydroxylation is 1. The lowest BCUT2D eigenvalue weighted by Crippen LogP contribution is -2.33. The number of carbonyl (C=O) groups is 1. The van der Waals surface area contributed by atoms with Crippen LogP contribution < -0.4 is 9.47 Å². The van der Waals surface area contributed by atoms with Crippen molar-refractivity contribution in [2.45, 2.75) is 19.4 Å². The maximum atomic E-state index is 12.8. The number of carbonyl (C=O) groups excluding carboxylic acids is 1. The summed E-state index contributed by atoms with van der Waals surface area (Å²) in [5, 5.41) is 0. The second-order valence-corrected chi connectivity index (χ2v) is 7.55. The van der Waals surface area contributed by atoms with Crippen LogP contribution in [0.1, 0.15) is 33.5 Å². The van der Waals surface area contributed by atoms with E-state index in [0.717, 1.165) is 36.3 Å². The van der Waals surface area contributed by atoms with Gasteiger partial charge in [-0.1, -0.05) is 30.3 Å². The highest BCUT2D eigenvalue weighted by atomic mass is 16.5. The molecule has 0 saturated heterocycles. The normalized spacial score (nSPS) is 16.7. The van der Waals surface area contributed by atoms with Crippen molar-refractivity contribution >= 4 is 11.9 Å².